The minimum Gasteiger partial charge on any atom is -0.349 e. The van der Waals surface area contributed by atoms with Gasteiger partial charge in [0.05, 0.1) is 6.42 Å². The molecule has 0 bridgehead atoms. The molecule has 1 rings (SSSR count). The molecule has 1 heterocycles. The normalized spacial score (nSPS) is 13.2. The summed E-state index contributed by atoms with van der Waals surface area (Å²) in [6, 6.07) is 1.91. The van der Waals surface area contributed by atoms with E-state index in [1.54, 1.807) is 0 Å². The minimum absolute atomic E-state index is 0.265. The van der Waals surface area contributed by atoms with Crippen molar-refractivity contribution in [3.8, 4) is 0 Å². The molecule has 0 fully saturated rings. The van der Waals surface area contributed by atoms with Crippen molar-refractivity contribution in [2.75, 3.05) is 0 Å². The molecule has 0 saturated heterocycles. The lowest BCUT2D eigenvalue weighted by Crippen LogP contribution is -2.35. The molecule has 1 aromatic rings. The number of nitrogens with one attached hydrogen (secondary N) is 1. The Kier molecular flexibility index (Phi) is 4.50. The van der Waals surface area contributed by atoms with Crippen molar-refractivity contribution >= 4 is 21.8 Å². The third-order valence-electron chi connectivity index (χ3n) is 1.90. The van der Waals surface area contributed by atoms with Crippen molar-refractivity contribution in [2.24, 2.45) is 0 Å². The van der Waals surface area contributed by atoms with Gasteiger partial charge in [-0.25, -0.2) is 4.98 Å². The van der Waals surface area contributed by atoms with Crippen LogP contribution in [0.5, 0.6) is 0 Å². The van der Waals surface area contributed by atoms with Crippen molar-refractivity contribution in [3.05, 3.63) is 28.5 Å². The quantitative estimate of drug-likeness (QED) is 0.872. The van der Waals surface area contributed by atoms with E-state index in [-0.39, 0.29) is 5.56 Å². The van der Waals surface area contributed by atoms with Gasteiger partial charge in [-0.2, -0.15) is 13.2 Å². The monoisotopic (exact) mass is 310 g/mol. The maximum atomic E-state index is 12.1. The summed E-state index contributed by atoms with van der Waals surface area (Å²) in [5.41, 5.74) is 0.265. The Morgan fingerprint density at radius 2 is 2.24 bits per heavy atom. The Morgan fingerprint density at radius 3 is 2.76 bits per heavy atom. The summed E-state index contributed by atoms with van der Waals surface area (Å²) in [7, 11) is 0. The van der Waals surface area contributed by atoms with Crippen LogP contribution in [-0.2, 0) is 0 Å². The third-order valence-corrected chi connectivity index (χ3v) is 2.34. The van der Waals surface area contributed by atoms with Crippen molar-refractivity contribution in [1.82, 2.24) is 10.3 Å². The number of amides is 1. The number of alkyl halides is 3. The van der Waals surface area contributed by atoms with Crippen molar-refractivity contribution in [2.45, 2.75) is 25.6 Å². The third kappa shape index (κ3) is 5.16. The van der Waals surface area contributed by atoms with E-state index in [0.29, 0.717) is 4.60 Å². The largest absolute Gasteiger partial charge is 0.391 e. The minimum atomic E-state index is -4.29. The summed E-state index contributed by atoms with van der Waals surface area (Å²) in [6.07, 6.45) is -3.94. The summed E-state index contributed by atoms with van der Waals surface area (Å²) in [5, 5.41) is 2.27. The van der Waals surface area contributed by atoms with Crippen LogP contribution in [0.2, 0.25) is 0 Å². The van der Waals surface area contributed by atoms with Crippen LogP contribution < -0.4 is 5.32 Å². The number of aromatic nitrogens is 1. The lowest BCUT2D eigenvalue weighted by atomic mass is 10.2. The van der Waals surface area contributed by atoms with Crippen LogP contribution >= 0.6 is 15.9 Å². The Morgan fingerprint density at radius 1 is 1.59 bits per heavy atom. The molecule has 1 atom stereocenters. The standard InChI is InChI=1S/C10H10BrF3N2O/c1-6(5-10(12,13)14)16-9(17)7-2-3-15-8(11)4-7/h2-4,6H,5H2,1H3,(H,16,17). The topological polar surface area (TPSA) is 42.0 Å². The molecular weight excluding hydrogens is 301 g/mol. The Balaban J connectivity index is 2.61. The molecular formula is C10H10BrF3N2O. The average Bonchev–Trinajstić information content (AvgIpc) is 2.14. The van der Waals surface area contributed by atoms with Gasteiger partial charge >= 0.3 is 6.18 Å². The smallest absolute Gasteiger partial charge is 0.349 e. The van der Waals surface area contributed by atoms with E-state index in [4.69, 9.17) is 0 Å². The molecule has 0 aliphatic carbocycles. The predicted molar refractivity (Wildman–Crippen MR) is 59.5 cm³/mol. The molecule has 1 N–H and O–H groups in total. The zero-order chi connectivity index (χ0) is 13.1. The number of nitrogens with zero attached hydrogens (tertiary/aromatic N) is 1. The van der Waals surface area contributed by atoms with Gasteiger partial charge < -0.3 is 5.32 Å². The van der Waals surface area contributed by atoms with E-state index in [0.717, 1.165) is 0 Å². The van der Waals surface area contributed by atoms with Crippen LogP contribution in [0.4, 0.5) is 13.2 Å². The van der Waals surface area contributed by atoms with Gasteiger partial charge in [-0.3, -0.25) is 4.79 Å². The zero-order valence-electron chi connectivity index (χ0n) is 8.88. The molecule has 0 aromatic carbocycles. The van der Waals surface area contributed by atoms with Crippen LogP contribution in [0.3, 0.4) is 0 Å². The van der Waals surface area contributed by atoms with Crippen LogP contribution in [0, 0.1) is 0 Å². The van der Waals surface area contributed by atoms with Crippen LogP contribution in [0.15, 0.2) is 22.9 Å². The van der Waals surface area contributed by atoms with Gasteiger partial charge in [-0.1, -0.05) is 0 Å². The van der Waals surface area contributed by atoms with Gasteiger partial charge in [-0.05, 0) is 35.0 Å². The Hall–Kier alpha value is -1.11. The zero-order valence-corrected chi connectivity index (χ0v) is 10.5. The van der Waals surface area contributed by atoms with E-state index in [1.165, 1.54) is 25.3 Å². The van der Waals surface area contributed by atoms with Crippen molar-refractivity contribution in [1.29, 1.82) is 0 Å². The molecule has 1 unspecified atom stereocenters. The molecule has 17 heavy (non-hydrogen) atoms. The first-order valence-corrected chi connectivity index (χ1v) is 5.56. The van der Waals surface area contributed by atoms with Gasteiger partial charge in [0.25, 0.3) is 5.91 Å². The lowest BCUT2D eigenvalue weighted by Gasteiger charge is -2.15. The first-order valence-electron chi connectivity index (χ1n) is 4.77. The maximum absolute atomic E-state index is 12.1. The Bertz CT molecular complexity index is 409. The van der Waals surface area contributed by atoms with Crippen LogP contribution in [0.25, 0.3) is 0 Å². The second-order valence-electron chi connectivity index (χ2n) is 3.56. The number of halogens is 4. The first kappa shape index (κ1) is 14.0. The fourth-order valence-corrected chi connectivity index (χ4v) is 1.61. The molecule has 94 valence electrons. The first-order chi connectivity index (χ1) is 7.78. The molecule has 0 spiro atoms. The fraction of sp³-hybridized carbons (Fsp3) is 0.400. The molecule has 3 nitrogen and oxygen atoms in total. The molecule has 1 amide bonds. The van der Waals surface area contributed by atoms with Gasteiger partial charge in [0, 0.05) is 17.8 Å². The number of hydrogen-bond acceptors (Lipinski definition) is 2. The van der Waals surface area contributed by atoms with Crippen LogP contribution in [0.1, 0.15) is 23.7 Å². The van der Waals surface area contributed by atoms with Gasteiger partial charge in [0.2, 0.25) is 0 Å². The van der Waals surface area contributed by atoms with E-state index in [9.17, 15) is 18.0 Å². The second-order valence-corrected chi connectivity index (χ2v) is 4.37. The van der Waals surface area contributed by atoms with Gasteiger partial charge in [-0.15, -0.1) is 0 Å². The predicted octanol–water partition coefficient (Wildman–Crippen LogP) is 2.91. The van der Waals surface area contributed by atoms with Crippen molar-refractivity contribution < 1.29 is 18.0 Å². The highest BCUT2D eigenvalue weighted by atomic mass is 79.9. The van der Waals surface area contributed by atoms with Crippen LogP contribution in [-0.4, -0.2) is 23.1 Å². The summed E-state index contributed by atoms with van der Waals surface area (Å²) in [6.45, 7) is 1.31. The summed E-state index contributed by atoms with van der Waals surface area (Å²) < 4.78 is 36.6. The number of carbonyl (C=O) groups excluding carboxylic acids is 1. The van der Waals surface area contributed by atoms with E-state index in [2.05, 4.69) is 26.2 Å². The number of hydrogen-bond donors (Lipinski definition) is 1. The molecule has 0 saturated carbocycles. The molecule has 0 aliphatic rings. The highest BCUT2D eigenvalue weighted by molar-refractivity contribution is 9.10. The second kappa shape index (κ2) is 5.48. The highest BCUT2D eigenvalue weighted by Gasteiger charge is 2.30. The number of pyridine rings is 1. The molecule has 0 aliphatic heterocycles. The Labute approximate surface area is 105 Å². The molecule has 1 aromatic heterocycles. The average molecular weight is 311 g/mol. The van der Waals surface area contributed by atoms with Gasteiger partial charge in [0.15, 0.2) is 0 Å². The van der Waals surface area contributed by atoms with E-state index in [1.807, 2.05) is 0 Å². The maximum Gasteiger partial charge on any atom is 0.391 e. The molecule has 0 radical (unpaired) electrons. The molecule has 7 heteroatoms. The highest BCUT2D eigenvalue weighted by Crippen LogP contribution is 2.21. The van der Waals surface area contributed by atoms with E-state index >= 15 is 0 Å². The fourth-order valence-electron chi connectivity index (χ4n) is 1.25. The number of rotatable bonds is 3. The summed E-state index contributed by atoms with van der Waals surface area (Å²) in [4.78, 5) is 15.4. The lowest BCUT2D eigenvalue weighted by molar-refractivity contribution is -0.138. The van der Waals surface area contributed by atoms with Crippen molar-refractivity contribution in [3.63, 3.8) is 0 Å². The van der Waals surface area contributed by atoms with E-state index < -0.39 is 24.5 Å². The summed E-state index contributed by atoms with van der Waals surface area (Å²) >= 11 is 3.07. The summed E-state index contributed by atoms with van der Waals surface area (Å²) in [5.74, 6) is -0.551. The number of carbonyl (C=O) groups is 1. The SMILES string of the molecule is CC(CC(F)(F)F)NC(=O)c1ccnc(Br)c1. The van der Waals surface area contributed by atoms with Gasteiger partial charge in [0.1, 0.15) is 4.60 Å².